The van der Waals surface area contributed by atoms with Crippen molar-refractivity contribution in [2.24, 2.45) is 22.0 Å². The van der Waals surface area contributed by atoms with E-state index in [2.05, 4.69) is 35.8 Å². The molecule has 1 amide bonds. The molecule has 3 aromatic heterocycles. The van der Waals surface area contributed by atoms with Gasteiger partial charge in [-0.3, -0.25) is 14.8 Å². The van der Waals surface area contributed by atoms with Crippen molar-refractivity contribution in [2.45, 2.75) is 97.8 Å². The van der Waals surface area contributed by atoms with Gasteiger partial charge in [-0.1, -0.05) is 61.6 Å². The van der Waals surface area contributed by atoms with Gasteiger partial charge in [0.1, 0.15) is 5.60 Å². The number of para-hydroxylation sites is 1. The number of esters is 1. The number of carbonyl (C=O) groups excluding carboxylic acids is 2. The normalized spacial score (nSPS) is 25.1. The summed E-state index contributed by atoms with van der Waals surface area (Å²) in [5.41, 5.74) is 11.0. The van der Waals surface area contributed by atoms with Crippen molar-refractivity contribution in [1.29, 1.82) is 0 Å². The summed E-state index contributed by atoms with van der Waals surface area (Å²) in [4.78, 5) is 37.4. The number of nitrogens with one attached hydrogen (secondary N) is 1. The summed E-state index contributed by atoms with van der Waals surface area (Å²) >= 11 is 1.44. The van der Waals surface area contributed by atoms with Crippen molar-refractivity contribution >= 4 is 49.3 Å². The molecule has 11 heteroatoms. The molecule has 3 aromatic carbocycles. The average Bonchev–Trinajstić information content (AvgIpc) is 3.72. The Morgan fingerprint density at radius 3 is 2.41 bits per heavy atom. The summed E-state index contributed by atoms with van der Waals surface area (Å²) in [6.07, 6.45) is 8.59. The van der Waals surface area contributed by atoms with Gasteiger partial charge >= 0.3 is 5.97 Å². The summed E-state index contributed by atoms with van der Waals surface area (Å²) in [6.45, 7) is 14.5. The Balaban J connectivity index is 1.05. The molecule has 3 heterocycles. The van der Waals surface area contributed by atoms with Gasteiger partial charge in [-0.25, -0.2) is 14.8 Å². The molecule has 10 rings (SSSR count). The first-order valence-corrected chi connectivity index (χ1v) is 21.2. The van der Waals surface area contributed by atoms with Crippen molar-refractivity contribution in [2.75, 3.05) is 18.5 Å². The Bertz CT molecular complexity index is 2550. The molecule has 2 atom stereocenters. The van der Waals surface area contributed by atoms with Crippen LogP contribution in [0.15, 0.2) is 79.0 Å². The lowest BCUT2D eigenvalue weighted by molar-refractivity contribution is -0.247. The predicted molar refractivity (Wildman–Crippen MR) is 230 cm³/mol. The van der Waals surface area contributed by atoms with E-state index in [1.54, 1.807) is 0 Å². The number of hydrogen-bond acceptors (Lipinski definition) is 9. The van der Waals surface area contributed by atoms with E-state index in [9.17, 15) is 9.59 Å². The Labute approximate surface area is 343 Å². The van der Waals surface area contributed by atoms with Crippen LogP contribution in [-0.4, -0.2) is 56.0 Å². The predicted octanol–water partition coefficient (Wildman–Crippen LogP) is 9.99. The number of aromatic nitrogens is 4. The fraction of sp³-hybridized carbons (Fsp3) is 0.426. The quantitative estimate of drug-likeness (QED) is 0.131. The summed E-state index contributed by atoms with van der Waals surface area (Å²) in [7, 11) is 0. The van der Waals surface area contributed by atoms with Crippen LogP contribution in [0.3, 0.4) is 0 Å². The smallest absolute Gasteiger partial charge is 0.358 e. The number of pyridine rings is 1. The first-order chi connectivity index (χ1) is 27.6. The molecule has 4 aliphatic rings. The van der Waals surface area contributed by atoms with Crippen molar-refractivity contribution < 1.29 is 19.1 Å². The van der Waals surface area contributed by atoms with Crippen molar-refractivity contribution in [3.8, 4) is 22.4 Å². The highest BCUT2D eigenvalue weighted by molar-refractivity contribution is 7.22. The number of nitrogens with two attached hydrogens (primary N) is 1. The van der Waals surface area contributed by atoms with E-state index in [1.165, 1.54) is 17.8 Å². The van der Waals surface area contributed by atoms with Gasteiger partial charge < -0.3 is 15.2 Å². The van der Waals surface area contributed by atoms with E-state index in [-0.39, 0.29) is 33.4 Å². The second-order valence-electron chi connectivity index (χ2n) is 19.1. The maximum atomic E-state index is 14.0. The molecule has 6 aromatic rings. The number of hydrogen-bond donors (Lipinski definition) is 2. The van der Waals surface area contributed by atoms with E-state index in [0.717, 1.165) is 76.5 Å². The first kappa shape index (κ1) is 38.5. The SMILES string of the molecule is Cc1c(-c2ccc(-c3ccc4cccc(C(=O)Nc5nc6ccccc6s5)c4c3)nc2C(=O)OC(C)(C)C)cnn1CC12CC3(C)CC(C)(C1)CC(OCCN)(C3)C2. The average molecular weight is 797 g/mol. The highest BCUT2D eigenvalue weighted by atomic mass is 32.1. The van der Waals surface area contributed by atoms with Crippen LogP contribution in [0.25, 0.3) is 43.4 Å². The molecular formula is C47H52N6O4S. The number of amides is 1. The van der Waals surface area contributed by atoms with Gasteiger partial charge in [0.2, 0.25) is 0 Å². The van der Waals surface area contributed by atoms with Gasteiger partial charge in [0.25, 0.3) is 5.91 Å². The zero-order valence-electron chi connectivity index (χ0n) is 34.3. The number of fused-ring (bicyclic) bond motifs is 2. The maximum absolute atomic E-state index is 14.0. The molecule has 4 fully saturated rings. The van der Waals surface area contributed by atoms with Gasteiger partial charge in [-0.15, -0.1) is 0 Å². The monoisotopic (exact) mass is 796 g/mol. The Hall–Kier alpha value is -4.97. The number of carbonyl (C=O) groups is 2. The fourth-order valence-electron chi connectivity index (χ4n) is 11.7. The second-order valence-corrected chi connectivity index (χ2v) is 20.1. The first-order valence-electron chi connectivity index (χ1n) is 20.4. The van der Waals surface area contributed by atoms with Crippen molar-refractivity contribution in [3.05, 3.63) is 95.9 Å². The minimum atomic E-state index is -0.730. The van der Waals surface area contributed by atoms with Crippen LogP contribution >= 0.6 is 11.3 Å². The van der Waals surface area contributed by atoms with Crippen LogP contribution < -0.4 is 11.1 Å². The lowest BCUT2D eigenvalue weighted by Gasteiger charge is -2.69. The van der Waals surface area contributed by atoms with Gasteiger partial charge in [0.05, 0.1) is 34.3 Å². The van der Waals surface area contributed by atoms with Crippen molar-refractivity contribution in [1.82, 2.24) is 19.7 Å². The van der Waals surface area contributed by atoms with Crippen LogP contribution in [0.2, 0.25) is 0 Å². The van der Waals surface area contributed by atoms with E-state index in [0.29, 0.717) is 35.1 Å². The Morgan fingerprint density at radius 1 is 0.897 bits per heavy atom. The molecular weight excluding hydrogens is 745 g/mol. The number of anilines is 1. The maximum Gasteiger partial charge on any atom is 0.358 e. The molecule has 4 saturated carbocycles. The number of thiazole rings is 1. The van der Waals surface area contributed by atoms with E-state index < -0.39 is 11.6 Å². The van der Waals surface area contributed by atoms with Gasteiger partial charge in [-0.2, -0.15) is 5.10 Å². The second kappa shape index (κ2) is 13.8. The van der Waals surface area contributed by atoms with Gasteiger partial charge in [-0.05, 0) is 130 Å². The summed E-state index contributed by atoms with van der Waals surface area (Å²) in [5.74, 6) is -0.754. The van der Waals surface area contributed by atoms with Crippen LogP contribution in [-0.2, 0) is 16.0 Å². The molecule has 0 aliphatic heterocycles. The molecule has 10 nitrogen and oxygen atoms in total. The highest BCUT2D eigenvalue weighted by Gasteiger charge is 2.66. The topological polar surface area (TPSA) is 134 Å². The number of ether oxygens (including phenoxy) is 2. The van der Waals surface area contributed by atoms with Crippen molar-refractivity contribution in [3.63, 3.8) is 0 Å². The summed E-state index contributed by atoms with van der Waals surface area (Å²) < 4.78 is 15.8. The van der Waals surface area contributed by atoms with E-state index >= 15 is 0 Å². The zero-order valence-corrected chi connectivity index (χ0v) is 35.1. The highest BCUT2D eigenvalue weighted by Crippen LogP contribution is 2.72. The van der Waals surface area contributed by atoms with Crippen LogP contribution in [0, 0.1) is 23.2 Å². The zero-order chi connectivity index (χ0) is 40.7. The van der Waals surface area contributed by atoms with Crippen LogP contribution in [0.5, 0.6) is 0 Å². The number of rotatable bonds is 10. The van der Waals surface area contributed by atoms with Gasteiger partial charge in [0.15, 0.2) is 10.8 Å². The molecule has 0 radical (unpaired) electrons. The lowest BCUT2D eigenvalue weighted by Crippen LogP contribution is -2.64. The number of benzene rings is 3. The standard InChI is InChI=1S/C47H52N6O4S/c1-29-35(21-49-53(29)28-46-23-44(5)22-45(6,24-46)26-47(25-44,27-46)56-19-18-48)32-16-17-36(50-39(32)41(55)57-43(2,3)4)31-15-14-30-10-9-11-33(34(30)20-31)40(54)52-42-51-37-12-7-8-13-38(37)58-42/h7-17,20-21H,18-19,22-28,48H2,1-6H3,(H,51,52,54). The minimum absolute atomic E-state index is 0.0528. The summed E-state index contributed by atoms with van der Waals surface area (Å²) in [5, 5.41) is 10.2. The van der Waals surface area contributed by atoms with Crippen LogP contribution in [0.1, 0.15) is 99.7 Å². The van der Waals surface area contributed by atoms with E-state index in [1.807, 2.05) is 99.8 Å². The Kier molecular flexibility index (Phi) is 9.18. The van der Waals surface area contributed by atoms with Crippen LogP contribution in [0.4, 0.5) is 5.13 Å². The molecule has 2 unspecified atom stereocenters. The van der Waals surface area contributed by atoms with E-state index in [4.69, 9.17) is 25.3 Å². The lowest BCUT2D eigenvalue weighted by atomic mass is 9.39. The minimum Gasteiger partial charge on any atom is -0.455 e. The van der Waals surface area contributed by atoms with Gasteiger partial charge in [0, 0.05) is 41.0 Å². The molecule has 0 spiro atoms. The third kappa shape index (κ3) is 7.11. The molecule has 3 N–H and O–H groups in total. The molecule has 0 saturated heterocycles. The molecule has 58 heavy (non-hydrogen) atoms. The Morgan fingerprint density at radius 2 is 1.67 bits per heavy atom. The third-order valence-corrected chi connectivity index (χ3v) is 13.4. The molecule has 4 bridgehead atoms. The summed E-state index contributed by atoms with van der Waals surface area (Å²) in [6, 6.07) is 23.3. The largest absolute Gasteiger partial charge is 0.455 e. The fourth-order valence-corrected chi connectivity index (χ4v) is 12.5. The molecule has 300 valence electrons. The third-order valence-electron chi connectivity index (χ3n) is 12.5. The number of nitrogens with zero attached hydrogens (tertiary/aromatic N) is 4. The molecule has 4 aliphatic carbocycles.